The zero-order valence-corrected chi connectivity index (χ0v) is 16.6. The standard InChI is InChI=1S/C20H22F2N2O3S/c1-3-16-13(2)12-17(28-16)19(26)24-10-8-23(9-11-24)18(25)14-6-4-5-7-15(14)27-20(21)22/h4-7,12,20H,3,8-11H2,1-2H3. The Morgan fingerprint density at radius 3 is 2.29 bits per heavy atom. The van der Waals surface area contributed by atoms with Crippen molar-refractivity contribution in [1.29, 1.82) is 0 Å². The third-order valence-electron chi connectivity index (χ3n) is 4.74. The third-order valence-corrected chi connectivity index (χ3v) is 6.11. The normalized spacial score (nSPS) is 14.5. The molecule has 1 aliphatic rings. The van der Waals surface area contributed by atoms with E-state index in [-0.39, 0.29) is 23.1 Å². The van der Waals surface area contributed by atoms with Crippen molar-refractivity contribution < 1.29 is 23.1 Å². The van der Waals surface area contributed by atoms with Crippen LogP contribution in [0, 0.1) is 6.92 Å². The fourth-order valence-corrected chi connectivity index (χ4v) is 4.34. The Morgan fingerprint density at radius 1 is 1.11 bits per heavy atom. The van der Waals surface area contributed by atoms with E-state index in [0.717, 1.165) is 12.0 Å². The summed E-state index contributed by atoms with van der Waals surface area (Å²) in [5.41, 5.74) is 1.23. The zero-order valence-electron chi connectivity index (χ0n) is 15.8. The van der Waals surface area contributed by atoms with Crippen molar-refractivity contribution in [3.8, 4) is 5.75 Å². The molecule has 150 valence electrons. The molecule has 1 saturated heterocycles. The van der Waals surface area contributed by atoms with Crippen molar-refractivity contribution in [2.24, 2.45) is 0 Å². The van der Waals surface area contributed by atoms with Gasteiger partial charge in [-0.05, 0) is 37.1 Å². The first kappa shape index (κ1) is 20.3. The van der Waals surface area contributed by atoms with Crippen molar-refractivity contribution in [2.45, 2.75) is 26.9 Å². The van der Waals surface area contributed by atoms with Gasteiger partial charge in [0.1, 0.15) is 5.75 Å². The van der Waals surface area contributed by atoms with Crippen LogP contribution in [0.3, 0.4) is 0 Å². The number of hydrogen-bond donors (Lipinski definition) is 0. The number of halogens is 2. The number of nitrogens with zero attached hydrogens (tertiary/aromatic N) is 2. The van der Waals surface area contributed by atoms with E-state index in [0.29, 0.717) is 31.1 Å². The molecule has 0 saturated carbocycles. The van der Waals surface area contributed by atoms with Crippen LogP contribution in [-0.4, -0.2) is 54.4 Å². The lowest BCUT2D eigenvalue weighted by Crippen LogP contribution is -2.50. The van der Waals surface area contributed by atoms with Gasteiger partial charge >= 0.3 is 6.61 Å². The highest BCUT2D eigenvalue weighted by atomic mass is 32.1. The first-order valence-electron chi connectivity index (χ1n) is 9.12. The molecule has 1 aliphatic heterocycles. The number of para-hydroxylation sites is 1. The minimum atomic E-state index is -2.99. The predicted octanol–water partition coefficient (Wildman–Crippen LogP) is 3.82. The summed E-state index contributed by atoms with van der Waals surface area (Å²) in [4.78, 5) is 30.7. The fourth-order valence-electron chi connectivity index (χ4n) is 3.26. The average Bonchev–Trinajstić information content (AvgIpc) is 3.08. The number of carbonyl (C=O) groups excluding carboxylic acids is 2. The maximum atomic E-state index is 12.7. The van der Waals surface area contributed by atoms with Crippen LogP contribution in [0.1, 0.15) is 37.4 Å². The van der Waals surface area contributed by atoms with E-state index >= 15 is 0 Å². The van der Waals surface area contributed by atoms with Gasteiger partial charge in [0, 0.05) is 31.1 Å². The largest absolute Gasteiger partial charge is 0.434 e. The Morgan fingerprint density at radius 2 is 1.71 bits per heavy atom. The molecule has 28 heavy (non-hydrogen) atoms. The number of alkyl halides is 2. The summed E-state index contributed by atoms with van der Waals surface area (Å²) in [5, 5.41) is 0. The van der Waals surface area contributed by atoms with E-state index in [1.807, 2.05) is 13.0 Å². The summed E-state index contributed by atoms with van der Waals surface area (Å²) in [5.74, 6) is -0.535. The van der Waals surface area contributed by atoms with Gasteiger partial charge in [0.15, 0.2) is 0 Å². The summed E-state index contributed by atoms with van der Waals surface area (Å²) in [7, 11) is 0. The van der Waals surface area contributed by atoms with Gasteiger partial charge in [0.05, 0.1) is 10.4 Å². The maximum absolute atomic E-state index is 12.7. The highest BCUT2D eigenvalue weighted by Crippen LogP contribution is 2.25. The molecular formula is C20H22F2N2O3S. The van der Waals surface area contributed by atoms with E-state index in [2.05, 4.69) is 11.7 Å². The molecule has 2 aromatic rings. The molecule has 0 bridgehead atoms. The first-order valence-corrected chi connectivity index (χ1v) is 9.94. The van der Waals surface area contributed by atoms with Crippen LogP contribution < -0.4 is 4.74 Å². The van der Waals surface area contributed by atoms with E-state index < -0.39 is 6.61 Å². The quantitative estimate of drug-likeness (QED) is 0.756. The minimum Gasteiger partial charge on any atom is -0.434 e. The van der Waals surface area contributed by atoms with Crippen molar-refractivity contribution in [2.75, 3.05) is 26.2 Å². The highest BCUT2D eigenvalue weighted by Gasteiger charge is 2.28. The van der Waals surface area contributed by atoms with Crippen LogP contribution in [0.2, 0.25) is 0 Å². The van der Waals surface area contributed by atoms with Gasteiger partial charge in [-0.3, -0.25) is 9.59 Å². The first-order chi connectivity index (χ1) is 13.4. The molecule has 1 fully saturated rings. The molecule has 0 atom stereocenters. The van der Waals surface area contributed by atoms with Gasteiger partial charge in [-0.2, -0.15) is 8.78 Å². The van der Waals surface area contributed by atoms with E-state index in [4.69, 9.17) is 0 Å². The van der Waals surface area contributed by atoms with Crippen molar-refractivity contribution in [3.05, 3.63) is 51.2 Å². The number of amides is 2. The van der Waals surface area contributed by atoms with Gasteiger partial charge < -0.3 is 14.5 Å². The Balaban J connectivity index is 1.65. The van der Waals surface area contributed by atoms with Crippen molar-refractivity contribution in [3.63, 3.8) is 0 Å². The van der Waals surface area contributed by atoms with Crippen molar-refractivity contribution in [1.82, 2.24) is 9.80 Å². The molecule has 0 spiro atoms. The van der Waals surface area contributed by atoms with Crippen molar-refractivity contribution >= 4 is 23.2 Å². The molecule has 2 amide bonds. The molecule has 2 heterocycles. The van der Waals surface area contributed by atoms with E-state index in [1.54, 1.807) is 21.9 Å². The molecule has 5 nitrogen and oxygen atoms in total. The maximum Gasteiger partial charge on any atom is 0.387 e. The van der Waals surface area contributed by atoms with E-state index in [1.165, 1.54) is 28.3 Å². The summed E-state index contributed by atoms with van der Waals surface area (Å²) < 4.78 is 29.6. The summed E-state index contributed by atoms with van der Waals surface area (Å²) >= 11 is 1.51. The fraction of sp³-hybridized carbons (Fsp3) is 0.400. The molecular weight excluding hydrogens is 386 g/mol. The number of hydrogen-bond acceptors (Lipinski definition) is 4. The topological polar surface area (TPSA) is 49.9 Å². The second-order valence-corrected chi connectivity index (χ2v) is 7.67. The monoisotopic (exact) mass is 408 g/mol. The number of piperazine rings is 1. The molecule has 0 radical (unpaired) electrons. The Labute approximate surface area is 166 Å². The van der Waals surface area contributed by atoms with Crippen LogP contribution in [0.4, 0.5) is 8.78 Å². The number of thiophene rings is 1. The lowest BCUT2D eigenvalue weighted by molar-refractivity contribution is -0.0503. The molecule has 0 unspecified atom stereocenters. The zero-order chi connectivity index (χ0) is 20.3. The van der Waals surface area contributed by atoms with Crippen LogP contribution >= 0.6 is 11.3 Å². The van der Waals surface area contributed by atoms with Gasteiger partial charge in [0.2, 0.25) is 0 Å². The van der Waals surface area contributed by atoms with E-state index in [9.17, 15) is 18.4 Å². The summed E-state index contributed by atoms with van der Waals surface area (Å²) in [6.07, 6.45) is 0.895. The molecule has 0 N–H and O–H groups in total. The van der Waals surface area contributed by atoms with Gasteiger partial charge in [-0.15, -0.1) is 11.3 Å². The van der Waals surface area contributed by atoms with Gasteiger partial charge in [-0.1, -0.05) is 19.1 Å². The SMILES string of the molecule is CCc1sc(C(=O)N2CCN(C(=O)c3ccccc3OC(F)F)CC2)cc1C. The second-order valence-electron chi connectivity index (χ2n) is 6.53. The Bertz CT molecular complexity index is 861. The number of rotatable bonds is 5. The Hall–Kier alpha value is -2.48. The number of aryl methyl sites for hydroxylation is 2. The number of benzene rings is 1. The van der Waals surface area contributed by atoms with Crippen LogP contribution in [0.5, 0.6) is 5.75 Å². The third kappa shape index (κ3) is 4.32. The van der Waals surface area contributed by atoms with Gasteiger partial charge in [0.25, 0.3) is 11.8 Å². The lowest BCUT2D eigenvalue weighted by Gasteiger charge is -2.34. The number of carbonyl (C=O) groups is 2. The lowest BCUT2D eigenvalue weighted by atomic mass is 10.1. The summed E-state index contributed by atoms with van der Waals surface area (Å²) in [6, 6.07) is 7.89. The molecule has 0 aliphatic carbocycles. The number of ether oxygens (including phenoxy) is 1. The second kappa shape index (κ2) is 8.68. The molecule has 3 rings (SSSR count). The van der Waals surface area contributed by atoms with Gasteiger partial charge in [-0.25, -0.2) is 0 Å². The minimum absolute atomic E-state index is 0.0265. The predicted molar refractivity (Wildman–Crippen MR) is 103 cm³/mol. The van der Waals surface area contributed by atoms with Crippen LogP contribution in [-0.2, 0) is 6.42 Å². The Kier molecular flexibility index (Phi) is 6.28. The van der Waals surface area contributed by atoms with Crippen LogP contribution in [0.15, 0.2) is 30.3 Å². The molecule has 1 aromatic heterocycles. The smallest absolute Gasteiger partial charge is 0.387 e. The highest BCUT2D eigenvalue weighted by molar-refractivity contribution is 7.14. The molecule has 1 aromatic carbocycles. The average molecular weight is 408 g/mol. The summed E-state index contributed by atoms with van der Waals surface area (Å²) in [6.45, 7) is 2.57. The van der Waals surface area contributed by atoms with Crippen LogP contribution in [0.25, 0.3) is 0 Å². The molecule has 8 heteroatoms.